The van der Waals surface area contributed by atoms with E-state index in [1.807, 2.05) is 13.8 Å². The summed E-state index contributed by atoms with van der Waals surface area (Å²) in [6.07, 6.45) is 1.02. The van der Waals surface area contributed by atoms with Crippen molar-refractivity contribution in [2.75, 3.05) is 11.9 Å². The molecule has 0 aliphatic rings. The molecule has 0 radical (unpaired) electrons. The number of aliphatic hydroxyl groups is 1. The van der Waals surface area contributed by atoms with E-state index in [9.17, 15) is 14.3 Å². The number of nitrogens with one attached hydrogen (secondary N) is 1. The molecule has 5 heteroatoms. The van der Waals surface area contributed by atoms with Gasteiger partial charge in [0.15, 0.2) is 0 Å². The minimum atomic E-state index is -1.20. The van der Waals surface area contributed by atoms with E-state index < -0.39 is 17.9 Å². The van der Waals surface area contributed by atoms with Gasteiger partial charge in [-0.05, 0) is 18.1 Å². The Morgan fingerprint density at radius 3 is 2.53 bits per heavy atom. The predicted molar refractivity (Wildman–Crippen MR) is 71.9 cm³/mol. The molecule has 1 atom stereocenters. The van der Waals surface area contributed by atoms with E-state index in [-0.39, 0.29) is 23.7 Å². The van der Waals surface area contributed by atoms with Crippen molar-refractivity contribution >= 4 is 11.7 Å². The molecule has 4 nitrogen and oxygen atoms in total. The lowest BCUT2D eigenvalue weighted by Crippen LogP contribution is -2.28. The molecule has 1 rings (SSSR count). The second-order valence-corrected chi connectivity index (χ2v) is 4.49. The number of anilines is 1. The molecular weight excluding hydrogens is 249 g/mol. The quantitative estimate of drug-likeness (QED) is 0.712. The van der Waals surface area contributed by atoms with Crippen LogP contribution in [0.1, 0.15) is 37.0 Å². The molecule has 0 aromatic heterocycles. The largest absolute Gasteiger partial charge is 0.478 e. The van der Waals surface area contributed by atoms with E-state index in [1.54, 1.807) is 0 Å². The van der Waals surface area contributed by atoms with Crippen LogP contribution in [0.25, 0.3) is 0 Å². The molecule has 1 unspecified atom stereocenters. The first-order valence-corrected chi connectivity index (χ1v) is 6.44. The van der Waals surface area contributed by atoms with Crippen LogP contribution in [0.5, 0.6) is 0 Å². The predicted octanol–water partition coefficient (Wildman–Crippen LogP) is 2.73. The van der Waals surface area contributed by atoms with Gasteiger partial charge in [0.1, 0.15) is 5.82 Å². The van der Waals surface area contributed by atoms with E-state index >= 15 is 0 Å². The van der Waals surface area contributed by atoms with Gasteiger partial charge in [0, 0.05) is 6.54 Å². The molecule has 0 heterocycles. The zero-order valence-corrected chi connectivity index (χ0v) is 11.2. The highest BCUT2D eigenvalue weighted by molar-refractivity contribution is 5.94. The highest BCUT2D eigenvalue weighted by Crippen LogP contribution is 2.21. The minimum Gasteiger partial charge on any atom is -0.478 e. The number of aliphatic hydroxyl groups excluding tert-OH is 1. The van der Waals surface area contributed by atoms with Crippen LogP contribution in [0, 0.1) is 11.7 Å². The van der Waals surface area contributed by atoms with Crippen LogP contribution >= 0.6 is 0 Å². The molecule has 0 bridgehead atoms. The standard InChI is InChI=1S/C14H20FNO3/c1-3-9(4-2)12(17)8-16-13-10(14(18)19)6-5-7-11(13)15/h5-7,9,12,16-17H,3-4,8H2,1-2H3,(H,18,19). The number of benzene rings is 1. The zero-order valence-electron chi connectivity index (χ0n) is 11.2. The number of carboxylic acid groups (broad SMARTS) is 1. The number of carboxylic acids is 1. The molecule has 0 saturated carbocycles. The van der Waals surface area contributed by atoms with Crippen molar-refractivity contribution in [3.63, 3.8) is 0 Å². The van der Waals surface area contributed by atoms with Crippen LogP contribution in [0.3, 0.4) is 0 Å². The fraction of sp³-hybridized carbons (Fsp3) is 0.500. The summed E-state index contributed by atoms with van der Waals surface area (Å²) in [7, 11) is 0. The van der Waals surface area contributed by atoms with Crippen LogP contribution in [-0.2, 0) is 0 Å². The summed E-state index contributed by atoms with van der Waals surface area (Å²) >= 11 is 0. The number of hydrogen-bond acceptors (Lipinski definition) is 3. The minimum absolute atomic E-state index is 0.0694. The molecule has 0 amide bonds. The fourth-order valence-electron chi connectivity index (χ4n) is 2.09. The summed E-state index contributed by atoms with van der Waals surface area (Å²) in [6.45, 7) is 4.08. The highest BCUT2D eigenvalue weighted by atomic mass is 19.1. The van der Waals surface area contributed by atoms with Crippen LogP contribution in [0.4, 0.5) is 10.1 Å². The lowest BCUT2D eigenvalue weighted by molar-refractivity contribution is 0.0697. The third-order valence-corrected chi connectivity index (χ3v) is 3.32. The normalized spacial score (nSPS) is 12.5. The molecule has 0 saturated heterocycles. The molecule has 0 fully saturated rings. The summed E-state index contributed by atoms with van der Waals surface area (Å²) in [6, 6.07) is 3.87. The Morgan fingerprint density at radius 1 is 1.37 bits per heavy atom. The van der Waals surface area contributed by atoms with Crippen LogP contribution < -0.4 is 5.32 Å². The number of hydrogen-bond donors (Lipinski definition) is 3. The average molecular weight is 269 g/mol. The third kappa shape index (κ3) is 3.92. The molecule has 106 valence electrons. The van der Waals surface area contributed by atoms with Crippen molar-refractivity contribution in [1.29, 1.82) is 0 Å². The van der Waals surface area contributed by atoms with Crippen molar-refractivity contribution < 1.29 is 19.4 Å². The van der Waals surface area contributed by atoms with E-state index in [4.69, 9.17) is 5.11 Å². The number of carbonyl (C=O) groups is 1. The first kappa shape index (κ1) is 15.4. The van der Waals surface area contributed by atoms with Gasteiger partial charge in [-0.15, -0.1) is 0 Å². The Balaban J connectivity index is 2.80. The van der Waals surface area contributed by atoms with Gasteiger partial charge in [0.05, 0.1) is 17.4 Å². The maximum absolute atomic E-state index is 13.6. The topological polar surface area (TPSA) is 69.6 Å². The fourth-order valence-corrected chi connectivity index (χ4v) is 2.09. The monoisotopic (exact) mass is 269 g/mol. The van der Waals surface area contributed by atoms with Gasteiger partial charge in [-0.3, -0.25) is 0 Å². The molecule has 0 aliphatic heterocycles. The van der Waals surface area contributed by atoms with E-state index in [0.29, 0.717) is 0 Å². The number of rotatable bonds is 7. The van der Waals surface area contributed by atoms with Gasteiger partial charge >= 0.3 is 5.97 Å². The van der Waals surface area contributed by atoms with Crippen molar-refractivity contribution in [2.45, 2.75) is 32.8 Å². The van der Waals surface area contributed by atoms with Crippen molar-refractivity contribution in [2.24, 2.45) is 5.92 Å². The van der Waals surface area contributed by atoms with Crippen LogP contribution in [0.15, 0.2) is 18.2 Å². The van der Waals surface area contributed by atoms with Gasteiger partial charge in [-0.1, -0.05) is 32.8 Å². The second kappa shape index (κ2) is 7.09. The van der Waals surface area contributed by atoms with Gasteiger partial charge in [0.25, 0.3) is 0 Å². The SMILES string of the molecule is CCC(CC)C(O)CNc1c(F)cccc1C(=O)O. The first-order valence-electron chi connectivity index (χ1n) is 6.44. The summed E-state index contributed by atoms with van der Waals surface area (Å²) < 4.78 is 13.6. The van der Waals surface area contributed by atoms with Gasteiger partial charge in [-0.25, -0.2) is 9.18 Å². The second-order valence-electron chi connectivity index (χ2n) is 4.49. The highest BCUT2D eigenvalue weighted by Gasteiger charge is 2.18. The van der Waals surface area contributed by atoms with Crippen LogP contribution in [0.2, 0.25) is 0 Å². The Hall–Kier alpha value is -1.62. The summed E-state index contributed by atoms with van der Waals surface area (Å²) in [5.74, 6) is -1.71. The van der Waals surface area contributed by atoms with Crippen molar-refractivity contribution in [3.05, 3.63) is 29.6 Å². The molecule has 19 heavy (non-hydrogen) atoms. The summed E-state index contributed by atoms with van der Waals surface area (Å²) in [5.41, 5.74) is -0.197. The smallest absolute Gasteiger partial charge is 0.337 e. The van der Waals surface area contributed by atoms with Gasteiger partial charge in [-0.2, -0.15) is 0 Å². The lowest BCUT2D eigenvalue weighted by atomic mass is 9.96. The van der Waals surface area contributed by atoms with E-state index in [0.717, 1.165) is 12.8 Å². The molecule has 1 aromatic rings. The number of para-hydroxylation sites is 1. The van der Waals surface area contributed by atoms with Gasteiger partial charge < -0.3 is 15.5 Å². The Morgan fingerprint density at radius 2 is 2.00 bits per heavy atom. The van der Waals surface area contributed by atoms with Crippen molar-refractivity contribution in [1.82, 2.24) is 0 Å². The number of aromatic carboxylic acids is 1. The average Bonchev–Trinajstić information content (AvgIpc) is 2.38. The molecule has 1 aromatic carbocycles. The molecule has 0 aliphatic carbocycles. The maximum atomic E-state index is 13.6. The lowest BCUT2D eigenvalue weighted by Gasteiger charge is -2.21. The first-order chi connectivity index (χ1) is 9.01. The van der Waals surface area contributed by atoms with Gasteiger partial charge in [0.2, 0.25) is 0 Å². The molecular formula is C14H20FNO3. The molecule has 3 N–H and O–H groups in total. The summed E-state index contributed by atoms with van der Waals surface area (Å²) in [4.78, 5) is 11.0. The maximum Gasteiger partial charge on any atom is 0.337 e. The van der Waals surface area contributed by atoms with Crippen LogP contribution in [-0.4, -0.2) is 28.8 Å². The van der Waals surface area contributed by atoms with E-state index in [1.165, 1.54) is 18.2 Å². The third-order valence-electron chi connectivity index (χ3n) is 3.32. The Kier molecular flexibility index (Phi) is 5.76. The van der Waals surface area contributed by atoms with Crippen molar-refractivity contribution in [3.8, 4) is 0 Å². The summed E-state index contributed by atoms with van der Waals surface area (Å²) in [5, 5.41) is 21.7. The number of halogens is 1. The Bertz CT molecular complexity index is 433. The van der Waals surface area contributed by atoms with E-state index in [2.05, 4.69) is 5.32 Å². The zero-order chi connectivity index (χ0) is 14.4. The Labute approximate surface area is 112 Å². The molecule has 0 spiro atoms.